The largest absolute Gasteiger partial charge is 0.493 e. The van der Waals surface area contributed by atoms with Crippen LogP contribution in [0.5, 0.6) is 11.5 Å². The van der Waals surface area contributed by atoms with Crippen molar-refractivity contribution >= 4 is 26.1 Å². The lowest BCUT2D eigenvalue weighted by atomic mass is 9.97. The number of benzene rings is 2. The van der Waals surface area contributed by atoms with Gasteiger partial charge in [0.1, 0.15) is 5.60 Å². The minimum atomic E-state index is -0.419. The summed E-state index contributed by atoms with van der Waals surface area (Å²) < 4.78 is 12.6. The molecule has 138 valence electrons. The van der Waals surface area contributed by atoms with Gasteiger partial charge in [-0.1, -0.05) is 34.1 Å². The first-order valence-corrected chi connectivity index (χ1v) is 9.40. The molecule has 0 fully saturated rings. The summed E-state index contributed by atoms with van der Waals surface area (Å²) in [7, 11) is 1.62. The van der Waals surface area contributed by atoms with E-state index in [9.17, 15) is 5.26 Å². The average molecular weight is 425 g/mol. The van der Waals surface area contributed by atoms with Crippen molar-refractivity contribution in [3.05, 3.63) is 71.4 Å². The molecule has 1 heterocycles. The van der Waals surface area contributed by atoms with Gasteiger partial charge in [-0.05, 0) is 49.8 Å². The zero-order valence-corrected chi connectivity index (χ0v) is 17.1. The van der Waals surface area contributed by atoms with E-state index in [1.54, 1.807) is 13.3 Å². The molecular weight excluding hydrogens is 404 g/mol. The third-order valence-electron chi connectivity index (χ3n) is 4.16. The number of hydrogen-bond donors (Lipinski definition) is 1. The van der Waals surface area contributed by atoms with Crippen molar-refractivity contribution in [1.82, 2.24) is 0 Å². The maximum Gasteiger partial charge on any atom is 0.170 e. The highest BCUT2D eigenvalue weighted by Crippen LogP contribution is 2.45. The van der Waals surface area contributed by atoms with E-state index < -0.39 is 5.60 Å². The van der Waals surface area contributed by atoms with E-state index in [1.807, 2.05) is 62.4 Å². The lowest BCUT2D eigenvalue weighted by Crippen LogP contribution is -2.28. The van der Waals surface area contributed by atoms with Gasteiger partial charge in [0.2, 0.25) is 0 Å². The number of allylic oxidation sites excluding steroid dienone is 1. The molecule has 0 spiro atoms. The van der Waals surface area contributed by atoms with E-state index in [0.717, 1.165) is 21.3 Å². The Kier molecular flexibility index (Phi) is 5.57. The van der Waals surface area contributed by atoms with Gasteiger partial charge in [-0.3, -0.25) is 0 Å². The predicted molar refractivity (Wildman–Crippen MR) is 112 cm³/mol. The zero-order chi connectivity index (χ0) is 19.4. The fraction of sp³-hybridized carbons (Fsp3) is 0.227. The van der Waals surface area contributed by atoms with Crippen molar-refractivity contribution < 1.29 is 9.47 Å². The topological polar surface area (TPSA) is 54.3 Å². The van der Waals surface area contributed by atoms with Crippen LogP contribution in [0.1, 0.15) is 25.0 Å². The summed E-state index contributed by atoms with van der Waals surface area (Å²) in [4.78, 5) is 0. The van der Waals surface area contributed by atoms with Gasteiger partial charge in [-0.15, -0.1) is 0 Å². The number of halogens is 1. The summed E-state index contributed by atoms with van der Waals surface area (Å²) in [5.41, 5.74) is 3.05. The second kappa shape index (κ2) is 7.89. The van der Waals surface area contributed by atoms with Crippen LogP contribution in [0.3, 0.4) is 0 Å². The monoisotopic (exact) mass is 424 g/mol. The number of ether oxygens (including phenoxy) is 2. The minimum Gasteiger partial charge on any atom is -0.493 e. The highest BCUT2D eigenvalue weighted by atomic mass is 79.9. The molecule has 0 atom stereocenters. The molecule has 1 aliphatic rings. The Hall–Kier alpha value is -2.71. The van der Waals surface area contributed by atoms with Crippen molar-refractivity contribution in [3.63, 3.8) is 0 Å². The summed E-state index contributed by atoms with van der Waals surface area (Å²) in [5.74, 6) is 1.37. The molecular formula is C22H21BrN2O2. The molecule has 0 unspecified atom stereocenters. The number of fused-ring (bicyclic) bond motifs is 1. The summed E-state index contributed by atoms with van der Waals surface area (Å²) in [6.07, 6.45) is 4.26. The van der Waals surface area contributed by atoms with Crippen molar-refractivity contribution in [3.8, 4) is 17.6 Å². The van der Waals surface area contributed by atoms with Gasteiger partial charge in [-0.25, -0.2) is 0 Å². The van der Waals surface area contributed by atoms with Crippen LogP contribution in [0.4, 0.5) is 5.69 Å². The zero-order valence-electron chi connectivity index (χ0n) is 15.5. The van der Waals surface area contributed by atoms with Gasteiger partial charge in [0, 0.05) is 33.9 Å². The van der Waals surface area contributed by atoms with Crippen molar-refractivity contribution in [2.75, 3.05) is 12.4 Å². The van der Waals surface area contributed by atoms with Crippen molar-refractivity contribution in [2.24, 2.45) is 0 Å². The highest BCUT2D eigenvalue weighted by Gasteiger charge is 2.28. The maximum absolute atomic E-state index is 9.52. The summed E-state index contributed by atoms with van der Waals surface area (Å²) in [6.45, 7) is 3.99. The van der Waals surface area contributed by atoms with Gasteiger partial charge in [0.05, 0.1) is 13.2 Å². The van der Waals surface area contributed by atoms with Crippen LogP contribution in [0, 0.1) is 11.3 Å². The van der Waals surface area contributed by atoms with E-state index >= 15 is 0 Å². The van der Waals surface area contributed by atoms with Crippen molar-refractivity contribution in [1.29, 1.82) is 5.26 Å². The highest BCUT2D eigenvalue weighted by molar-refractivity contribution is 9.15. The van der Waals surface area contributed by atoms with Crippen LogP contribution < -0.4 is 14.8 Å². The number of rotatable bonds is 5. The molecule has 27 heavy (non-hydrogen) atoms. The predicted octanol–water partition coefficient (Wildman–Crippen LogP) is 5.66. The number of nitriles is 1. The second-order valence-corrected chi connectivity index (χ2v) is 7.70. The van der Waals surface area contributed by atoms with Gasteiger partial charge in [-0.2, -0.15) is 5.26 Å². The summed E-state index contributed by atoms with van der Waals surface area (Å²) in [6, 6.07) is 16.0. The fourth-order valence-corrected chi connectivity index (χ4v) is 3.76. The summed E-state index contributed by atoms with van der Waals surface area (Å²) >= 11 is 3.64. The number of anilines is 1. The number of methoxy groups -OCH3 is 1. The van der Waals surface area contributed by atoms with Crippen LogP contribution in [0.15, 0.2) is 60.3 Å². The molecule has 0 amide bonds. The van der Waals surface area contributed by atoms with Crippen LogP contribution in [0.25, 0.3) is 4.48 Å². The Morgan fingerprint density at radius 1 is 1.30 bits per heavy atom. The van der Waals surface area contributed by atoms with Crippen LogP contribution in [0.2, 0.25) is 0 Å². The summed E-state index contributed by atoms with van der Waals surface area (Å²) in [5, 5.41) is 12.7. The first-order valence-electron chi connectivity index (χ1n) is 8.61. The van der Waals surface area contributed by atoms with E-state index in [-0.39, 0.29) is 0 Å². The molecule has 0 aromatic heterocycles. The third-order valence-corrected chi connectivity index (χ3v) is 4.81. The Morgan fingerprint density at radius 2 is 2.04 bits per heavy atom. The lowest BCUT2D eigenvalue weighted by Gasteiger charge is -2.31. The standard InChI is InChI=1S/C22H21BrN2O2/c1-22(2)12-19(23)18-10-15(11-20(26-3)21(18)27-22)9-16(13-24)14-25-17-7-5-4-6-8-17/h4-8,10-12,14,25H,9H2,1-3H3. The van der Waals surface area contributed by atoms with E-state index in [4.69, 9.17) is 9.47 Å². The fourth-order valence-electron chi connectivity index (χ4n) is 2.92. The average Bonchev–Trinajstić information content (AvgIpc) is 2.65. The van der Waals surface area contributed by atoms with Crippen molar-refractivity contribution in [2.45, 2.75) is 25.9 Å². The SMILES string of the molecule is COc1cc(CC(C#N)=CNc2ccccc2)cc2c1OC(C)(C)C=C2Br. The lowest BCUT2D eigenvalue weighted by molar-refractivity contribution is 0.152. The van der Waals surface area contributed by atoms with Gasteiger partial charge >= 0.3 is 0 Å². The van der Waals surface area contributed by atoms with Gasteiger partial charge in [0.25, 0.3) is 0 Å². The normalized spacial score (nSPS) is 15.1. The maximum atomic E-state index is 9.52. The molecule has 0 aliphatic carbocycles. The quantitative estimate of drug-likeness (QED) is 0.628. The first-order chi connectivity index (χ1) is 12.9. The molecule has 0 radical (unpaired) electrons. The molecule has 5 heteroatoms. The minimum absolute atomic E-state index is 0.419. The smallest absolute Gasteiger partial charge is 0.170 e. The molecule has 0 saturated heterocycles. The van der Waals surface area contributed by atoms with E-state index in [1.165, 1.54) is 0 Å². The Labute approximate surface area is 168 Å². The molecule has 0 saturated carbocycles. The third kappa shape index (κ3) is 4.53. The first kappa shape index (κ1) is 19.1. The van der Waals surface area contributed by atoms with Gasteiger partial charge < -0.3 is 14.8 Å². The second-order valence-electron chi connectivity index (χ2n) is 6.84. The van der Waals surface area contributed by atoms with Crippen LogP contribution >= 0.6 is 15.9 Å². The molecule has 1 N–H and O–H groups in total. The van der Waals surface area contributed by atoms with Crippen LogP contribution in [-0.4, -0.2) is 12.7 Å². The molecule has 2 aromatic carbocycles. The Morgan fingerprint density at radius 3 is 2.70 bits per heavy atom. The van der Waals surface area contributed by atoms with E-state index in [2.05, 4.69) is 27.3 Å². The molecule has 2 aromatic rings. The Balaban J connectivity index is 1.89. The molecule has 4 nitrogen and oxygen atoms in total. The number of para-hydroxylation sites is 1. The van der Waals surface area contributed by atoms with Crippen LogP contribution in [-0.2, 0) is 6.42 Å². The molecule has 0 bridgehead atoms. The van der Waals surface area contributed by atoms with Gasteiger partial charge in [0.15, 0.2) is 11.5 Å². The van der Waals surface area contributed by atoms with E-state index in [0.29, 0.717) is 23.5 Å². The Bertz CT molecular complexity index is 941. The number of nitrogens with one attached hydrogen (secondary N) is 1. The number of hydrogen-bond acceptors (Lipinski definition) is 4. The molecule has 3 rings (SSSR count). The number of nitrogens with zero attached hydrogens (tertiary/aromatic N) is 1. The molecule has 1 aliphatic heterocycles.